The third-order valence-electron chi connectivity index (χ3n) is 2.84. The number of carbonyl (C=O) groups excluding carboxylic acids is 1. The number of ether oxygens (including phenoxy) is 1. The molecule has 0 amide bonds. The summed E-state index contributed by atoms with van der Waals surface area (Å²) in [6, 6.07) is 0.821. The molecule has 1 unspecified atom stereocenters. The van der Waals surface area contributed by atoms with E-state index in [1.54, 1.807) is 6.92 Å². The number of halogens is 3. The van der Waals surface area contributed by atoms with Gasteiger partial charge in [0.25, 0.3) is 0 Å². The molecule has 21 heavy (non-hydrogen) atoms. The lowest BCUT2D eigenvalue weighted by Gasteiger charge is -2.12. The number of hydrogen-bond acceptors (Lipinski definition) is 4. The molecule has 0 aromatic carbocycles. The number of alkyl halides is 3. The molecule has 0 saturated carbocycles. The fourth-order valence-corrected chi connectivity index (χ4v) is 1.89. The SMILES string of the molecule is CCOC(=O)c1cn2cc(C(F)(F)F)cc(C(C)O)c2n1. The number of fused-ring (bicyclic) bond motifs is 1. The summed E-state index contributed by atoms with van der Waals surface area (Å²) < 4.78 is 44.3. The summed E-state index contributed by atoms with van der Waals surface area (Å²) >= 11 is 0. The summed E-state index contributed by atoms with van der Waals surface area (Å²) in [5, 5.41) is 9.63. The first-order valence-corrected chi connectivity index (χ1v) is 6.19. The van der Waals surface area contributed by atoms with Gasteiger partial charge in [-0.2, -0.15) is 13.2 Å². The Morgan fingerprint density at radius 3 is 2.67 bits per heavy atom. The van der Waals surface area contributed by atoms with Gasteiger partial charge in [0.15, 0.2) is 5.69 Å². The molecule has 8 heteroatoms. The highest BCUT2D eigenvalue weighted by Gasteiger charge is 2.32. The number of rotatable bonds is 3. The molecule has 0 saturated heterocycles. The van der Waals surface area contributed by atoms with E-state index in [9.17, 15) is 23.1 Å². The average Bonchev–Trinajstić information content (AvgIpc) is 2.80. The van der Waals surface area contributed by atoms with E-state index in [0.717, 1.165) is 22.9 Å². The molecule has 2 aromatic rings. The van der Waals surface area contributed by atoms with Crippen LogP contribution in [0, 0.1) is 0 Å². The van der Waals surface area contributed by atoms with Crippen molar-refractivity contribution in [2.45, 2.75) is 26.1 Å². The molecule has 2 heterocycles. The Kier molecular flexibility index (Phi) is 3.91. The van der Waals surface area contributed by atoms with Crippen LogP contribution in [0.3, 0.4) is 0 Å². The van der Waals surface area contributed by atoms with E-state index < -0.39 is 23.8 Å². The maximum absolute atomic E-state index is 12.8. The summed E-state index contributed by atoms with van der Waals surface area (Å²) in [5.41, 5.74) is -0.974. The Labute approximate surface area is 118 Å². The van der Waals surface area contributed by atoms with Crippen LogP contribution < -0.4 is 0 Å². The topological polar surface area (TPSA) is 63.8 Å². The first kappa shape index (κ1) is 15.3. The molecular formula is C13H13F3N2O3. The van der Waals surface area contributed by atoms with Crippen molar-refractivity contribution >= 4 is 11.6 Å². The molecular weight excluding hydrogens is 289 g/mol. The fraction of sp³-hybridized carbons (Fsp3) is 0.385. The van der Waals surface area contributed by atoms with Gasteiger partial charge in [-0.1, -0.05) is 0 Å². The van der Waals surface area contributed by atoms with Crippen LogP contribution in [-0.2, 0) is 10.9 Å². The summed E-state index contributed by atoms with van der Waals surface area (Å²) in [6.07, 6.45) is -3.76. The normalized spacial score (nSPS) is 13.4. The third kappa shape index (κ3) is 2.99. The highest BCUT2D eigenvalue weighted by molar-refractivity contribution is 5.88. The minimum Gasteiger partial charge on any atom is -0.461 e. The number of aliphatic hydroxyl groups excluding tert-OH is 1. The largest absolute Gasteiger partial charge is 0.461 e. The number of aromatic nitrogens is 2. The molecule has 0 aliphatic rings. The van der Waals surface area contributed by atoms with E-state index in [0.29, 0.717) is 0 Å². The van der Waals surface area contributed by atoms with Crippen molar-refractivity contribution in [1.29, 1.82) is 0 Å². The number of nitrogens with zero attached hydrogens (tertiary/aromatic N) is 2. The number of hydrogen-bond donors (Lipinski definition) is 1. The van der Waals surface area contributed by atoms with Crippen LogP contribution in [0.25, 0.3) is 5.65 Å². The Morgan fingerprint density at radius 2 is 2.14 bits per heavy atom. The van der Waals surface area contributed by atoms with Gasteiger partial charge >= 0.3 is 12.1 Å². The van der Waals surface area contributed by atoms with Gasteiger partial charge in [-0.3, -0.25) is 0 Å². The zero-order valence-corrected chi connectivity index (χ0v) is 11.3. The van der Waals surface area contributed by atoms with E-state index in [4.69, 9.17) is 4.74 Å². The van der Waals surface area contributed by atoms with Crippen molar-refractivity contribution in [3.05, 3.63) is 35.3 Å². The van der Waals surface area contributed by atoms with Gasteiger partial charge in [-0.05, 0) is 19.9 Å². The van der Waals surface area contributed by atoms with Gasteiger partial charge in [0.1, 0.15) is 5.65 Å². The Bertz CT molecular complexity index is 677. The van der Waals surface area contributed by atoms with Crippen LogP contribution in [0.5, 0.6) is 0 Å². The molecule has 2 aromatic heterocycles. The van der Waals surface area contributed by atoms with Crippen LogP contribution in [0.15, 0.2) is 18.5 Å². The maximum Gasteiger partial charge on any atom is 0.417 e. The van der Waals surface area contributed by atoms with E-state index in [1.165, 1.54) is 6.92 Å². The minimum atomic E-state index is -4.56. The lowest BCUT2D eigenvalue weighted by Crippen LogP contribution is -2.09. The number of carbonyl (C=O) groups is 1. The summed E-state index contributed by atoms with van der Waals surface area (Å²) in [6.45, 7) is 3.06. The van der Waals surface area contributed by atoms with Crippen molar-refractivity contribution in [1.82, 2.24) is 9.38 Å². The molecule has 1 N–H and O–H groups in total. The molecule has 2 rings (SSSR count). The Balaban J connectivity index is 2.64. The maximum atomic E-state index is 12.8. The molecule has 1 atom stereocenters. The zero-order chi connectivity index (χ0) is 15.8. The van der Waals surface area contributed by atoms with Gasteiger partial charge in [0, 0.05) is 18.0 Å². The number of pyridine rings is 1. The first-order valence-electron chi connectivity index (χ1n) is 6.19. The molecule has 0 bridgehead atoms. The summed E-state index contributed by atoms with van der Waals surface area (Å²) in [5.74, 6) is -0.730. The van der Waals surface area contributed by atoms with Crippen molar-refractivity contribution in [2.24, 2.45) is 0 Å². The van der Waals surface area contributed by atoms with Gasteiger partial charge in [-0.25, -0.2) is 9.78 Å². The van der Waals surface area contributed by atoms with Crippen molar-refractivity contribution in [3.63, 3.8) is 0 Å². The lowest BCUT2D eigenvalue weighted by atomic mass is 10.1. The van der Waals surface area contributed by atoms with Crippen molar-refractivity contribution in [2.75, 3.05) is 6.61 Å². The second-order valence-electron chi connectivity index (χ2n) is 4.44. The van der Waals surface area contributed by atoms with Crippen molar-refractivity contribution < 1.29 is 27.8 Å². The van der Waals surface area contributed by atoms with E-state index in [2.05, 4.69) is 4.98 Å². The highest BCUT2D eigenvalue weighted by Crippen LogP contribution is 2.32. The highest BCUT2D eigenvalue weighted by atomic mass is 19.4. The predicted octanol–water partition coefficient (Wildman–Crippen LogP) is 2.58. The number of esters is 1. The van der Waals surface area contributed by atoms with Crippen LogP contribution in [0.1, 0.15) is 41.6 Å². The molecule has 0 radical (unpaired) electrons. The molecule has 0 spiro atoms. The van der Waals surface area contributed by atoms with E-state index in [-0.39, 0.29) is 23.5 Å². The molecule has 0 aliphatic heterocycles. The molecule has 0 aliphatic carbocycles. The van der Waals surface area contributed by atoms with E-state index >= 15 is 0 Å². The average molecular weight is 302 g/mol. The number of imidazole rings is 1. The minimum absolute atomic E-state index is 0.0135. The van der Waals surface area contributed by atoms with Gasteiger partial charge in [-0.15, -0.1) is 0 Å². The quantitative estimate of drug-likeness (QED) is 0.885. The second kappa shape index (κ2) is 5.36. The van der Waals surface area contributed by atoms with Crippen molar-refractivity contribution in [3.8, 4) is 0 Å². The van der Waals surface area contributed by atoms with Gasteiger partial charge in [0.2, 0.25) is 0 Å². The fourth-order valence-electron chi connectivity index (χ4n) is 1.89. The standard InChI is InChI=1S/C13H13F3N2O3/c1-3-21-12(20)10-6-18-5-8(13(14,15)16)4-9(7(2)19)11(18)17-10/h4-7,19H,3H2,1-2H3. The smallest absolute Gasteiger partial charge is 0.417 e. The summed E-state index contributed by atoms with van der Waals surface area (Å²) in [4.78, 5) is 15.5. The zero-order valence-electron chi connectivity index (χ0n) is 11.3. The van der Waals surface area contributed by atoms with Crippen LogP contribution in [0.4, 0.5) is 13.2 Å². The van der Waals surface area contributed by atoms with Crippen LogP contribution in [-0.4, -0.2) is 27.1 Å². The van der Waals surface area contributed by atoms with E-state index in [1.807, 2.05) is 0 Å². The van der Waals surface area contributed by atoms with Crippen LogP contribution >= 0.6 is 0 Å². The monoisotopic (exact) mass is 302 g/mol. The third-order valence-corrected chi connectivity index (χ3v) is 2.84. The van der Waals surface area contributed by atoms with Gasteiger partial charge in [0.05, 0.1) is 18.3 Å². The molecule has 0 fully saturated rings. The summed E-state index contributed by atoms with van der Waals surface area (Å²) in [7, 11) is 0. The molecule has 114 valence electrons. The Morgan fingerprint density at radius 1 is 1.48 bits per heavy atom. The first-order chi connectivity index (χ1) is 9.74. The Hall–Kier alpha value is -2.09. The van der Waals surface area contributed by atoms with Gasteiger partial charge < -0.3 is 14.2 Å². The predicted molar refractivity (Wildman–Crippen MR) is 66.8 cm³/mol. The lowest BCUT2D eigenvalue weighted by molar-refractivity contribution is -0.138. The molecule has 5 nitrogen and oxygen atoms in total. The number of aliphatic hydroxyl groups is 1. The second-order valence-corrected chi connectivity index (χ2v) is 4.44. The van der Waals surface area contributed by atoms with Crippen LogP contribution in [0.2, 0.25) is 0 Å².